The second kappa shape index (κ2) is 6.17. The molecule has 0 spiro atoms. The molecule has 2 aromatic carbocycles. The number of phenols is 1. The van der Waals surface area contributed by atoms with Crippen LogP contribution in [0, 0.1) is 6.92 Å². The van der Waals surface area contributed by atoms with Gasteiger partial charge in [0.2, 0.25) is 0 Å². The molecule has 0 fully saturated rings. The van der Waals surface area contributed by atoms with Crippen LogP contribution in [0.2, 0.25) is 0 Å². The molecule has 2 N–H and O–H groups in total. The summed E-state index contributed by atoms with van der Waals surface area (Å²) in [5.74, 6) is 0.724. The van der Waals surface area contributed by atoms with Crippen molar-refractivity contribution < 1.29 is 19.4 Å². The SMILES string of the molecule is COc1ccc(C(=O)Nc2ccc(OC)c(C)c2)c(O)c1. The molecule has 2 rings (SSSR count). The minimum Gasteiger partial charge on any atom is -0.507 e. The Hall–Kier alpha value is -2.69. The molecule has 5 heteroatoms. The Balaban J connectivity index is 2.20. The second-order valence-electron chi connectivity index (χ2n) is 4.52. The van der Waals surface area contributed by atoms with Crippen molar-refractivity contribution in [1.29, 1.82) is 0 Å². The highest BCUT2D eigenvalue weighted by Gasteiger charge is 2.12. The number of aryl methyl sites for hydroxylation is 1. The largest absolute Gasteiger partial charge is 0.507 e. The fourth-order valence-electron chi connectivity index (χ4n) is 1.99. The summed E-state index contributed by atoms with van der Waals surface area (Å²) in [6.07, 6.45) is 0. The minimum absolute atomic E-state index is 0.128. The topological polar surface area (TPSA) is 67.8 Å². The van der Waals surface area contributed by atoms with E-state index in [1.54, 1.807) is 31.4 Å². The summed E-state index contributed by atoms with van der Waals surface area (Å²) in [5.41, 5.74) is 1.73. The smallest absolute Gasteiger partial charge is 0.259 e. The Morgan fingerprint density at radius 2 is 1.86 bits per heavy atom. The van der Waals surface area contributed by atoms with Gasteiger partial charge in [-0.25, -0.2) is 0 Å². The van der Waals surface area contributed by atoms with E-state index in [4.69, 9.17) is 9.47 Å². The summed E-state index contributed by atoms with van der Waals surface area (Å²) in [5, 5.41) is 12.6. The van der Waals surface area contributed by atoms with Crippen molar-refractivity contribution in [3.63, 3.8) is 0 Å². The van der Waals surface area contributed by atoms with Crippen molar-refractivity contribution in [3.05, 3.63) is 47.5 Å². The molecule has 0 unspecified atom stereocenters. The van der Waals surface area contributed by atoms with Crippen molar-refractivity contribution in [1.82, 2.24) is 0 Å². The summed E-state index contributed by atoms with van der Waals surface area (Å²) >= 11 is 0. The third-order valence-corrected chi connectivity index (χ3v) is 3.10. The molecule has 110 valence electrons. The number of ether oxygens (including phenoxy) is 2. The molecular formula is C16H17NO4. The fourth-order valence-corrected chi connectivity index (χ4v) is 1.99. The van der Waals surface area contributed by atoms with Crippen molar-refractivity contribution in [3.8, 4) is 17.2 Å². The standard InChI is InChI=1S/C16H17NO4/c1-10-8-11(4-7-15(10)21-3)17-16(19)13-6-5-12(20-2)9-14(13)18/h4-9,18H,1-3H3,(H,17,19). The average molecular weight is 287 g/mol. The molecule has 0 aliphatic heterocycles. The summed E-state index contributed by atoms with van der Waals surface area (Å²) in [4.78, 5) is 12.2. The molecule has 0 atom stereocenters. The van der Waals surface area contributed by atoms with Gasteiger partial charge in [-0.05, 0) is 42.8 Å². The molecule has 0 heterocycles. The summed E-state index contributed by atoms with van der Waals surface area (Å²) in [7, 11) is 3.09. The third-order valence-electron chi connectivity index (χ3n) is 3.10. The maximum absolute atomic E-state index is 12.2. The van der Waals surface area contributed by atoms with Gasteiger partial charge >= 0.3 is 0 Å². The predicted molar refractivity (Wildman–Crippen MR) is 80.3 cm³/mol. The molecule has 0 saturated carbocycles. The highest BCUT2D eigenvalue weighted by Crippen LogP contribution is 2.25. The first-order chi connectivity index (χ1) is 10.0. The van der Waals surface area contributed by atoms with E-state index in [0.29, 0.717) is 11.4 Å². The molecule has 5 nitrogen and oxygen atoms in total. The van der Waals surface area contributed by atoms with Gasteiger partial charge in [0.25, 0.3) is 5.91 Å². The maximum Gasteiger partial charge on any atom is 0.259 e. The van der Waals surface area contributed by atoms with E-state index in [1.165, 1.54) is 19.2 Å². The van der Waals surface area contributed by atoms with E-state index in [2.05, 4.69) is 5.32 Å². The van der Waals surface area contributed by atoms with Gasteiger partial charge in [0.05, 0.1) is 19.8 Å². The molecule has 0 aliphatic carbocycles. The Morgan fingerprint density at radius 3 is 2.43 bits per heavy atom. The third kappa shape index (κ3) is 3.25. The number of anilines is 1. The fraction of sp³-hybridized carbons (Fsp3) is 0.188. The molecule has 0 radical (unpaired) electrons. The normalized spacial score (nSPS) is 10.0. The van der Waals surface area contributed by atoms with Gasteiger partial charge in [0.15, 0.2) is 0 Å². The molecule has 21 heavy (non-hydrogen) atoms. The van der Waals surface area contributed by atoms with Crippen LogP contribution in [0.1, 0.15) is 15.9 Å². The Labute approximate surface area is 123 Å². The number of hydrogen-bond acceptors (Lipinski definition) is 4. The van der Waals surface area contributed by atoms with Crippen molar-refractivity contribution in [2.24, 2.45) is 0 Å². The Morgan fingerprint density at radius 1 is 1.10 bits per heavy atom. The van der Waals surface area contributed by atoms with Gasteiger partial charge in [-0.2, -0.15) is 0 Å². The van der Waals surface area contributed by atoms with Crippen molar-refractivity contribution >= 4 is 11.6 Å². The lowest BCUT2D eigenvalue weighted by atomic mass is 10.1. The number of benzene rings is 2. The number of phenolic OH excluding ortho intramolecular Hbond substituents is 1. The number of carbonyl (C=O) groups is 1. The number of nitrogens with one attached hydrogen (secondary N) is 1. The summed E-state index contributed by atoms with van der Waals surface area (Å²) in [6, 6.07) is 9.85. The lowest BCUT2D eigenvalue weighted by molar-refractivity contribution is 0.102. The van der Waals surface area contributed by atoms with Gasteiger partial charge in [0.1, 0.15) is 17.2 Å². The number of amides is 1. The molecule has 0 aromatic heterocycles. The molecular weight excluding hydrogens is 270 g/mol. The van der Waals surface area contributed by atoms with E-state index in [0.717, 1.165) is 11.3 Å². The van der Waals surface area contributed by atoms with Crippen LogP contribution in [0.3, 0.4) is 0 Å². The monoisotopic (exact) mass is 287 g/mol. The average Bonchev–Trinajstić information content (AvgIpc) is 2.47. The van der Waals surface area contributed by atoms with Crippen LogP contribution < -0.4 is 14.8 Å². The van der Waals surface area contributed by atoms with Crippen LogP contribution in [0.4, 0.5) is 5.69 Å². The number of aromatic hydroxyl groups is 1. The quantitative estimate of drug-likeness (QED) is 0.907. The number of hydrogen-bond donors (Lipinski definition) is 2. The van der Waals surface area contributed by atoms with Crippen molar-refractivity contribution in [2.45, 2.75) is 6.92 Å². The van der Waals surface area contributed by atoms with Gasteiger partial charge < -0.3 is 19.9 Å². The van der Waals surface area contributed by atoms with E-state index in [-0.39, 0.29) is 17.2 Å². The Kier molecular flexibility index (Phi) is 4.33. The number of carbonyl (C=O) groups excluding carboxylic acids is 1. The zero-order valence-electron chi connectivity index (χ0n) is 12.1. The zero-order chi connectivity index (χ0) is 15.4. The first-order valence-electron chi connectivity index (χ1n) is 6.38. The minimum atomic E-state index is -0.389. The van der Waals surface area contributed by atoms with Gasteiger partial charge in [-0.15, -0.1) is 0 Å². The van der Waals surface area contributed by atoms with Crippen molar-refractivity contribution in [2.75, 3.05) is 19.5 Å². The Bertz CT molecular complexity index is 667. The molecule has 0 aliphatic rings. The molecule has 2 aromatic rings. The summed E-state index contributed by atoms with van der Waals surface area (Å²) in [6.45, 7) is 1.89. The van der Waals surface area contributed by atoms with Crippen LogP contribution in [0.5, 0.6) is 17.2 Å². The van der Waals surface area contributed by atoms with Crippen LogP contribution in [0.15, 0.2) is 36.4 Å². The summed E-state index contributed by atoms with van der Waals surface area (Å²) < 4.78 is 10.2. The van der Waals surface area contributed by atoms with Crippen LogP contribution >= 0.6 is 0 Å². The van der Waals surface area contributed by atoms with E-state index >= 15 is 0 Å². The highest BCUT2D eigenvalue weighted by atomic mass is 16.5. The van der Waals surface area contributed by atoms with E-state index < -0.39 is 0 Å². The number of methoxy groups -OCH3 is 2. The van der Waals surface area contributed by atoms with E-state index in [9.17, 15) is 9.90 Å². The molecule has 0 saturated heterocycles. The van der Waals surface area contributed by atoms with Gasteiger partial charge in [0, 0.05) is 11.8 Å². The second-order valence-corrected chi connectivity index (χ2v) is 4.52. The van der Waals surface area contributed by atoms with Crippen LogP contribution in [-0.2, 0) is 0 Å². The maximum atomic E-state index is 12.2. The van der Waals surface area contributed by atoms with Gasteiger partial charge in [-0.3, -0.25) is 4.79 Å². The lowest BCUT2D eigenvalue weighted by Crippen LogP contribution is -2.12. The lowest BCUT2D eigenvalue weighted by Gasteiger charge is -2.10. The predicted octanol–water partition coefficient (Wildman–Crippen LogP) is 2.97. The molecule has 1 amide bonds. The zero-order valence-corrected chi connectivity index (χ0v) is 12.1. The van der Waals surface area contributed by atoms with E-state index in [1.807, 2.05) is 6.92 Å². The first kappa shape index (κ1) is 14.7. The van der Waals surface area contributed by atoms with Gasteiger partial charge in [-0.1, -0.05) is 0 Å². The number of rotatable bonds is 4. The first-order valence-corrected chi connectivity index (χ1v) is 6.38. The van der Waals surface area contributed by atoms with Crippen LogP contribution in [0.25, 0.3) is 0 Å². The highest BCUT2D eigenvalue weighted by molar-refractivity contribution is 6.06. The van der Waals surface area contributed by atoms with Crippen LogP contribution in [-0.4, -0.2) is 25.2 Å². The molecule has 0 bridgehead atoms.